The first-order chi connectivity index (χ1) is 6.99. The molecule has 15 heavy (non-hydrogen) atoms. The third-order valence-electron chi connectivity index (χ3n) is 2.60. The minimum absolute atomic E-state index is 0.0938. The van der Waals surface area contributed by atoms with E-state index in [1.165, 1.54) is 11.3 Å². The van der Waals surface area contributed by atoms with Crippen LogP contribution in [0.15, 0.2) is 12.1 Å². The van der Waals surface area contributed by atoms with Gasteiger partial charge in [0.15, 0.2) is 9.84 Å². The highest BCUT2D eigenvalue weighted by Crippen LogP contribution is 2.30. The highest BCUT2D eigenvalue weighted by Gasteiger charge is 2.32. The van der Waals surface area contributed by atoms with E-state index in [0.717, 1.165) is 4.88 Å². The number of nitrogens with one attached hydrogen (secondary N) is 1. The molecule has 1 saturated heterocycles. The van der Waals surface area contributed by atoms with Crippen molar-refractivity contribution in [1.29, 1.82) is 0 Å². The summed E-state index contributed by atoms with van der Waals surface area (Å²) in [6, 6.07) is 3.59. The topological polar surface area (TPSA) is 46.2 Å². The van der Waals surface area contributed by atoms with Gasteiger partial charge in [0, 0.05) is 11.4 Å². The Kier molecular flexibility index (Phi) is 3.07. The SMILES string of the molecule is CC1CNC(c2ccc(Cl)s2)CS1(=O)=O. The van der Waals surface area contributed by atoms with Gasteiger partial charge in [0.2, 0.25) is 0 Å². The summed E-state index contributed by atoms with van der Waals surface area (Å²) in [5.74, 6) is 0.172. The van der Waals surface area contributed by atoms with Crippen LogP contribution in [0.5, 0.6) is 0 Å². The number of halogens is 1. The second-order valence-corrected chi connectivity index (χ2v) is 7.95. The van der Waals surface area contributed by atoms with Crippen LogP contribution in [0.4, 0.5) is 0 Å². The molecule has 0 bridgehead atoms. The summed E-state index contributed by atoms with van der Waals surface area (Å²) in [6.45, 7) is 2.25. The van der Waals surface area contributed by atoms with Crippen LogP contribution in [0, 0.1) is 0 Å². The normalized spacial score (nSPS) is 30.3. The van der Waals surface area contributed by atoms with Crippen LogP contribution in [-0.2, 0) is 9.84 Å². The van der Waals surface area contributed by atoms with Crippen molar-refractivity contribution in [2.75, 3.05) is 12.3 Å². The van der Waals surface area contributed by atoms with Gasteiger partial charge in [0.1, 0.15) is 0 Å². The Hall–Kier alpha value is -0.100. The van der Waals surface area contributed by atoms with E-state index in [1.54, 1.807) is 13.0 Å². The zero-order chi connectivity index (χ0) is 11.1. The van der Waals surface area contributed by atoms with Gasteiger partial charge in [-0.1, -0.05) is 11.6 Å². The second-order valence-electron chi connectivity index (χ2n) is 3.74. The molecule has 6 heteroatoms. The molecule has 0 radical (unpaired) electrons. The first-order valence-electron chi connectivity index (χ1n) is 4.69. The van der Waals surface area contributed by atoms with Gasteiger partial charge in [-0.3, -0.25) is 0 Å². The Bertz CT molecular complexity index is 454. The molecule has 84 valence electrons. The van der Waals surface area contributed by atoms with Gasteiger partial charge in [-0.15, -0.1) is 11.3 Å². The van der Waals surface area contributed by atoms with E-state index >= 15 is 0 Å². The lowest BCUT2D eigenvalue weighted by molar-refractivity contribution is 0.506. The molecule has 2 heterocycles. The monoisotopic (exact) mass is 265 g/mol. The number of sulfone groups is 1. The lowest BCUT2D eigenvalue weighted by Crippen LogP contribution is -2.44. The predicted octanol–water partition coefficient (Wildman–Crippen LogP) is 1.85. The van der Waals surface area contributed by atoms with Gasteiger partial charge in [-0.25, -0.2) is 8.42 Å². The van der Waals surface area contributed by atoms with Crippen molar-refractivity contribution in [2.45, 2.75) is 18.2 Å². The molecule has 2 unspecified atom stereocenters. The van der Waals surface area contributed by atoms with Crippen molar-refractivity contribution >= 4 is 32.8 Å². The van der Waals surface area contributed by atoms with Crippen molar-refractivity contribution in [2.24, 2.45) is 0 Å². The van der Waals surface area contributed by atoms with Crippen molar-refractivity contribution in [3.05, 3.63) is 21.3 Å². The molecule has 1 aromatic heterocycles. The average molecular weight is 266 g/mol. The predicted molar refractivity (Wildman–Crippen MR) is 63.3 cm³/mol. The van der Waals surface area contributed by atoms with Crippen molar-refractivity contribution < 1.29 is 8.42 Å². The Labute approximate surface area is 98.4 Å². The van der Waals surface area contributed by atoms with E-state index < -0.39 is 9.84 Å². The summed E-state index contributed by atoms with van der Waals surface area (Å²) >= 11 is 7.26. The molecule has 0 aliphatic carbocycles. The fourth-order valence-electron chi connectivity index (χ4n) is 1.59. The molecule has 0 spiro atoms. The Morgan fingerprint density at radius 2 is 2.27 bits per heavy atom. The van der Waals surface area contributed by atoms with Gasteiger partial charge in [0.25, 0.3) is 0 Å². The molecule has 1 aromatic rings. The van der Waals surface area contributed by atoms with Gasteiger partial charge in [-0.05, 0) is 19.1 Å². The zero-order valence-corrected chi connectivity index (χ0v) is 10.6. The van der Waals surface area contributed by atoms with Crippen molar-refractivity contribution in [3.63, 3.8) is 0 Å². The van der Waals surface area contributed by atoms with E-state index in [0.29, 0.717) is 10.9 Å². The van der Waals surface area contributed by atoms with Crippen LogP contribution in [-0.4, -0.2) is 26.0 Å². The maximum absolute atomic E-state index is 11.7. The maximum atomic E-state index is 11.7. The minimum atomic E-state index is -2.95. The summed E-state index contributed by atoms with van der Waals surface area (Å²) in [4.78, 5) is 0.996. The highest BCUT2D eigenvalue weighted by molar-refractivity contribution is 7.92. The molecule has 3 nitrogen and oxygen atoms in total. The van der Waals surface area contributed by atoms with Crippen LogP contribution in [0.2, 0.25) is 4.34 Å². The first kappa shape index (κ1) is 11.4. The molecule has 1 N–H and O–H groups in total. The van der Waals surface area contributed by atoms with E-state index in [1.807, 2.05) is 6.07 Å². The molecule has 1 aliphatic heterocycles. The molecular formula is C9H12ClNO2S2. The Morgan fingerprint density at radius 3 is 2.80 bits per heavy atom. The smallest absolute Gasteiger partial charge is 0.156 e. The van der Waals surface area contributed by atoms with Gasteiger partial charge in [0.05, 0.1) is 21.4 Å². The quantitative estimate of drug-likeness (QED) is 0.843. The van der Waals surface area contributed by atoms with Gasteiger partial charge >= 0.3 is 0 Å². The third-order valence-corrected chi connectivity index (χ3v) is 6.14. The van der Waals surface area contributed by atoms with Crippen LogP contribution < -0.4 is 5.32 Å². The highest BCUT2D eigenvalue weighted by atomic mass is 35.5. The lowest BCUT2D eigenvalue weighted by atomic mass is 10.2. The second kappa shape index (κ2) is 4.05. The summed E-state index contributed by atoms with van der Waals surface area (Å²) < 4.78 is 24.1. The summed E-state index contributed by atoms with van der Waals surface area (Å²) in [5, 5.41) is 2.94. The van der Waals surface area contributed by atoms with E-state index in [4.69, 9.17) is 11.6 Å². The van der Waals surface area contributed by atoms with Crippen LogP contribution in [0.3, 0.4) is 0 Å². The van der Waals surface area contributed by atoms with Crippen LogP contribution >= 0.6 is 22.9 Å². The van der Waals surface area contributed by atoms with E-state index in [9.17, 15) is 8.42 Å². The van der Waals surface area contributed by atoms with Crippen molar-refractivity contribution in [1.82, 2.24) is 5.32 Å². The largest absolute Gasteiger partial charge is 0.307 e. The summed E-state index contributed by atoms with van der Waals surface area (Å²) in [6.07, 6.45) is 0. The van der Waals surface area contributed by atoms with Crippen LogP contribution in [0.25, 0.3) is 0 Å². The minimum Gasteiger partial charge on any atom is -0.307 e. The van der Waals surface area contributed by atoms with Gasteiger partial charge < -0.3 is 5.32 Å². The average Bonchev–Trinajstić information content (AvgIpc) is 2.57. The molecule has 1 fully saturated rings. The molecule has 0 amide bonds. The fraction of sp³-hybridized carbons (Fsp3) is 0.556. The first-order valence-corrected chi connectivity index (χ1v) is 7.60. The third kappa shape index (κ3) is 2.36. The number of rotatable bonds is 1. The molecule has 2 atom stereocenters. The number of hydrogen-bond donors (Lipinski definition) is 1. The molecule has 0 saturated carbocycles. The molecule has 2 rings (SSSR count). The Balaban J connectivity index is 2.20. The lowest BCUT2D eigenvalue weighted by Gasteiger charge is -2.27. The zero-order valence-electron chi connectivity index (χ0n) is 8.23. The molecule has 0 aromatic carbocycles. The fourth-order valence-corrected chi connectivity index (χ4v) is 4.27. The standard InChI is InChI=1S/C9H12ClNO2S2/c1-6-4-11-7(5-15(6,12)13)8-2-3-9(10)14-8/h2-3,6-7,11H,4-5H2,1H3. The van der Waals surface area contributed by atoms with E-state index in [-0.39, 0.29) is 17.0 Å². The number of hydrogen-bond acceptors (Lipinski definition) is 4. The molecular weight excluding hydrogens is 254 g/mol. The summed E-state index contributed by atoms with van der Waals surface area (Å²) in [5.41, 5.74) is 0. The molecule has 1 aliphatic rings. The van der Waals surface area contributed by atoms with Crippen molar-refractivity contribution in [3.8, 4) is 0 Å². The van der Waals surface area contributed by atoms with Crippen LogP contribution in [0.1, 0.15) is 17.8 Å². The Morgan fingerprint density at radius 1 is 1.53 bits per heavy atom. The van der Waals surface area contributed by atoms with Gasteiger partial charge in [-0.2, -0.15) is 0 Å². The van der Waals surface area contributed by atoms with E-state index in [2.05, 4.69) is 5.32 Å². The summed E-state index contributed by atoms with van der Waals surface area (Å²) in [7, 11) is -2.95. The maximum Gasteiger partial charge on any atom is 0.156 e. The number of thiophene rings is 1.